The molecule has 2 N–H and O–H groups in total. The van der Waals surface area contributed by atoms with Crippen LogP contribution in [-0.2, 0) is 22.4 Å². The van der Waals surface area contributed by atoms with E-state index in [2.05, 4.69) is 10.3 Å². The van der Waals surface area contributed by atoms with Gasteiger partial charge >= 0.3 is 5.97 Å². The lowest BCUT2D eigenvalue weighted by atomic mass is 10.1. The zero-order valence-corrected chi connectivity index (χ0v) is 12.5. The van der Waals surface area contributed by atoms with Gasteiger partial charge in [-0.3, -0.25) is 4.79 Å². The number of carboxylic acid groups (broad SMARTS) is 1. The number of nitrogens with one attached hydrogen (secondary N) is 1. The number of amides is 1. The fourth-order valence-corrected chi connectivity index (χ4v) is 2.10. The van der Waals surface area contributed by atoms with E-state index in [1.165, 1.54) is 6.20 Å². The molecule has 0 fully saturated rings. The number of carbonyl (C=O) groups excluding carboxylic acids is 1. The molecule has 0 saturated carbocycles. The van der Waals surface area contributed by atoms with E-state index in [-0.39, 0.29) is 18.7 Å². The van der Waals surface area contributed by atoms with Crippen LogP contribution in [0.3, 0.4) is 0 Å². The number of halogens is 1. The first kappa shape index (κ1) is 16.0. The van der Waals surface area contributed by atoms with Gasteiger partial charge in [0.25, 0.3) is 0 Å². The first-order valence-corrected chi connectivity index (χ1v) is 7.09. The molecule has 114 valence electrons. The Balaban J connectivity index is 1.98. The summed E-state index contributed by atoms with van der Waals surface area (Å²) >= 11 is 5.69. The van der Waals surface area contributed by atoms with Crippen molar-refractivity contribution in [3.8, 4) is 0 Å². The second-order valence-electron chi connectivity index (χ2n) is 4.81. The van der Waals surface area contributed by atoms with Gasteiger partial charge in [0.05, 0.1) is 6.42 Å². The lowest BCUT2D eigenvalue weighted by Gasteiger charge is -2.14. The molecular formula is C16H15ClN2O3. The van der Waals surface area contributed by atoms with E-state index in [0.29, 0.717) is 10.7 Å². The van der Waals surface area contributed by atoms with Crippen LogP contribution in [0.15, 0.2) is 48.7 Å². The van der Waals surface area contributed by atoms with Crippen molar-refractivity contribution >= 4 is 23.5 Å². The van der Waals surface area contributed by atoms with Crippen molar-refractivity contribution in [3.05, 3.63) is 64.9 Å². The number of rotatable bonds is 6. The van der Waals surface area contributed by atoms with Gasteiger partial charge in [-0.2, -0.15) is 0 Å². The Morgan fingerprint density at radius 2 is 1.86 bits per heavy atom. The molecule has 5 nitrogen and oxygen atoms in total. The van der Waals surface area contributed by atoms with Crippen molar-refractivity contribution in [2.24, 2.45) is 0 Å². The maximum Gasteiger partial charge on any atom is 0.326 e. The standard InChI is InChI=1S/C16H15ClN2O3/c17-14-7-6-12(10-18-14)8-13(16(21)22)19-15(20)9-11-4-2-1-3-5-11/h1-7,10,13H,8-9H2,(H,19,20)(H,21,22)/t13-/m0/s1. The Morgan fingerprint density at radius 1 is 1.14 bits per heavy atom. The highest BCUT2D eigenvalue weighted by molar-refractivity contribution is 6.29. The van der Waals surface area contributed by atoms with Crippen LogP contribution in [0, 0.1) is 0 Å². The molecule has 2 aromatic rings. The van der Waals surface area contributed by atoms with Gasteiger partial charge in [-0.25, -0.2) is 9.78 Å². The summed E-state index contributed by atoms with van der Waals surface area (Å²) in [6.45, 7) is 0. The molecule has 1 aromatic carbocycles. The van der Waals surface area contributed by atoms with Crippen LogP contribution in [0.4, 0.5) is 0 Å². The van der Waals surface area contributed by atoms with Crippen LogP contribution >= 0.6 is 11.6 Å². The Morgan fingerprint density at radius 3 is 2.45 bits per heavy atom. The third-order valence-corrected chi connectivity index (χ3v) is 3.29. The van der Waals surface area contributed by atoms with Gasteiger partial charge in [0.1, 0.15) is 11.2 Å². The first-order chi connectivity index (χ1) is 10.5. The number of hydrogen-bond donors (Lipinski definition) is 2. The number of aliphatic carboxylic acids is 1. The second-order valence-corrected chi connectivity index (χ2v) is 5.20. The van der Waals surface area contributed by atoms with Crippen molar-refractivity contribution in [3.63, 3.8) is 0 Å². The predicted molar refractivity (Wildman–Crippen MR) is 82.7 cm³/mol. The number of pyridine rings is 1. The highest BCUT2D eigenvalue weighted by Gasteiger charge is 2.20. The number of hydrogen-bond acceptors (Lipinski definition) is 3. The number of carboxylic acids is 1. The summed E-state index contributed by atoms with van der Waals surface area (Å²) in [5.74, 6) is -1.42. The molecule has 0 aliphatic carbocycles. The minimum atomic E-state index is -1.09. The number of benzene rings is 1. The summed E-state index contributed by atoms with van der Waals surface area (Å²) in [5.41, 5.74) is 1.52. The molecule has 2 rings (SSSR count). The lowest BCUT2D eigenvalue weighted by molar-refractivity contribution is -0.141. The first-order valence-electron chi connectivity index (χ1n) is 6.71. The maximum absolute atomic E-state index is 12.0. The molecule has 0 saturated heterocycles. The zero-order chi connectivity index (χ0) is 15.9. The Bertz CT molecular complexity index is 644. The van der Waals surface area contributed by atoms with Crippen molar-refractivity contribution in [2.75, 3.05) is 0 Å². The van der Waals surface area contributed by atoms with Crippen LogP contribution < -0.4 is 5.32 Å². The van der Waals surface area contributed by atoms with Gasteiger partial charge in [0.15, 0.2) is 0 Å². The molecule has 0 aliphatic heterocycles. The van der Waals surface area contributed by atoms with E-state index in [1.807, 2.05) is 30.3 Å². The van der Waals surface area contributed by atoms with Crippen LogP contribution in [0.2, 0.25) is 5.15 Å². The Hall–Kier alpha value is -2.40. The van der Waals surface area contributed by atoms with Gasteiger partial charge in [0.2, 0.25) is 5.91 Å². The van der Waals surface area contributed by atoms with Crippen LogP contribution in [0.1, 0.15) is 11.1 Å². The summed E-state index contributed by atoms with van der Waals surface area (Å²) in [5, 5.41) is 12.1. The molecule has 1 aromatic heterocycles. The van der Waals surface area contributed by atoms with Crippen LogP contribution in [0.5, 0.6) is 0 Å². The molecule has 0 bridgehead atoms. The van der Waals surface area contributed by atoms with Crippen molar-refractivity contribution in [1.29, 1.82) is 0 Å². The summed E-state index contributed by atoms with van der Waals surface area (Å²) in [7, 11) is 0. The van der Waals surface area contributed by atoms with Crippen molar-refractivity contribution < 1.29 is 14.7 Å². The highest BCUT2D eigenvalue weighted by atomic mass is 35.5. The van der Waals surface area contributed by atoms with Crippen LogP contribution in [0.25, 0.3) is 0 Å². The van der Waals surface area contributed by atoms with E-state index in [0.717, 1.165) is 5.56 Å². The van der Waals surface area contributed by atoms with Crippen LogP contribution in [-0.4, -0.2) is 28.0 Å². The highest BCUT2D eigenvalue weighted by Crippen LogP contribution is 2.08. The molecular weight excluding hydrogens is 304 g/mol. The SMILES string of the molecule is O=C(Cc1ccccc1)N[C@@H](Cc1ccc(Cl)nc1)C(=O)O. The summed E-state index contributed by atoms with van der Waals surface area (Å²) < 4.78 is 0. The lowest BCUT2D eigenvalue weighted by Crippen LogP contribution is -2.43. The van der Waals surface area contributed by atoms with Gasteiger partial charge in [-0.05, 0) is 17.2 Å². The zero-order valence-electron chi connectivity index (χ0n) is 11.7. The molecule has 0 aliphatic rings. The third-order valence-electron chi connectivity index (χ3n) is 3.07. The molecule has 0 radical (unpaired) electrons. The largest absolute Gasteiger partial charge is 0.480 e. The van der Waals surface area contributed by atoms with Gasteiger partial charge in [-0.15, -0.1) is 0 Å². The molecule has 1 atom stereocenters. The topological polar surface area (TPSA) is 79.3 Å². The molecule has 22 heavy (non-hydrogen) atoms. The third kappa shape index (κ3) is 4.86. The summed E-state index contributed by atoms with van der Waals surface area (Å²) in [4.78, 5) is 27.2. The smallest absolute Gasteiger partial charge is 0.326 e. The van der Waals surface area contributed by atoms with Crippen molar-refractivity contribution in [1.82, 2.24) is 10.3 Å². The van der Waals surface area contributed by atoms with Gasteiger partial charge in [-0.1, -0.05) is 48.0 Å². The average molecular weight is 319 g/mol. The van der Waals surface area contributed by atoms with E-state index < -0.39 is 12.0 Å². The van der Waals surface area contributed by atoms with Crippen molar-refractivity contribution in [2.45, 2.75) is 18.9 Å². The molecule has 0 unspecified atom stereocenters. The maximum atomic E-state index is 12.0. The van der Waals surface area contributed by atoms with E-state index in [4.69, 9.17) is 11.6 Å². The Kier molecular flexibility index (Phi) is 5.49. The molecule has 0 spiro atoms. The normalized spacial score (nSPS) is 11.7. The minimum absolute atomic E-state index is 0.142. The number of nitrogens with zero attached hydrogens (tertiary/aromatic N) is 1. The van der Waals surface area contributed by atoms with E-state index >= 15 is 0 Å². The van der Waals surface area contributed by atoms with E-state index in [9.17, 15) is 14.7 Å². The summed E-state index contributed by atoms with van der Waals surface area (Å²) in [6, 6.07) is 11.4. The number of carbonyl (C=O) groups is 2. The molecule has 6 heteroatoms. The predicted octanol–water partition coefficient (Wildman–Crippen LogP) is 2.09. The number of aromatic nitrogens is 1. The van der Waals surface area contributed by atoms with Gasteiger partial charge in [0, 0.05) is 12.6 Å². The second kappa shape index (κ2) is 7.56. The quantitative estimate of drug-likeness (QED) is 0.799. The molecule has 1 amide bonds. The molecule has 1 heterocycles. The van der Waals surface area contributed by atoms with E-state index in [1.54, 1.807) is 12.1 Å². The van der Waals surface area contributed by atoms with Gasteiger partial charge < -0.3 is 10.4 Å². The minimum Gasteiger partial charge on any atom is -0.480 e. The fraction of sp³-hybridized carbons (Fsp3) is 0.188. The fourth-order valence-electron chi connectivity index (χ4n) is 1.99. The summed E-state index contributed by atoms with van der Waals surface area (Å²) in [6.07, 6.45) is 1.80. The average Bonchev–Trinajstić information content (AvgIpc) is 2.49. The monoisotopic (exact) mass is 318 g/mol. The Labute approximate surface area is 133 Å².